The maximum Gasteiger partial charge on any atom is 0.239 e. The van der Waals surface area contributed by atoms with Crippen LogP contribution in [-0.2, 0) is 19.7 Å². The lowest BCUT2D eigenvalue weighted by molar-refractivity contribution is -0.129. The molecule has 2 atom stereocenters. The normalized spacial score (nSPS) is 26.1. The summed E-state index contributed by atoms with van der Waals surface area (Å²) in [6.07, 6.45) is 1.59. The van der Waals surface area contributed by atoms with Crippen LogP contribution in [0.5, 0.6) is 11.5 Å². The topological polar surface area (TPSA) is 78.1 Å². The van der Waals surface area contributed by atoms with Gasteiger partial charge < -0.3 is 29.6 Å². The first-order valence-corrected chi connectivity index (χ1v) is 9.29. The second kappa shape index (κ2) is 8.65. The minimum atomic E-state index is -0.308. The first kappa shape index (κ1) is 20.2. The van der Waals surface area contributed by atoms with Gasteiger partial charge in [0.1, 0.15) is 6.04 Å². The third-order valence-corrected chi connectivity index (χ3v) is 5.63. The van der Waals surface area contributed by atoms with Gasteiger partial charge in [0.2, 0.25) is 12.7 Å². The number of hydrogen-bond donors (Lipinski definition) is 2. The van der Waals surface area contributed by atoms with Gasteiger partial charge in [-0.1, -0.05) is 6.07 Å². The molecule has 0 radical (unpaired) electrons. The number of carbonyl (C=O) groups is 1. The van der Waals surface area contributed by atoms with E-state index in [-0.39, 0.29) is 42.7 Å². The van der Waals surface area contributed by atoms with Crippen molar-refractivity contribution in [1.29, 1.82) is 0 Å². The molecule has 3 aliphatic heterocycles. The second-order valence-electron chi connectivity index (χ2n) is 7.19. The minimum absolute atomic E-state index is 0. The molecule has 2 fully saturated rings. The lowest BCUT2D eigenvalue weighted by Crippen LogP contribution is -2.57. The average Bonchev–Trinajstić information content (AvgIpc) is 3.15. The van der Waals surface area contributed by atoms with E-state index in [9.17, 15) is 4.79 Å². The predicted molar refractivity (Wildman–Crippen MR) is 102 cm³/mol. The van der Waals surface area contributed by atoms with Crippen molar-refractivity contribution >= 4 is 18.3 Å². The van der Waals surface area contributed by atoms with Crippen molar-refractivity contribution in [3.63, 3.8) is 0 Å². The molecule has 2 N–H and O–H groups in total. The summed E-state index contributed by atoms with van der Waals surface area (Å²) in [7, 11) is 0. The molecule has 8 heteroatoms. The highest BCUT2D eigenvalue weighted by Crippen LogP contribution is 2.40. The number of benzene rings is 1. The lowest BCUT2D eigenvalue weighted by atomic mass is 9.74. The number of hydrogen-bond acceptors (Lipinski definition) is 6. The van der Waals surface area contributed by atoms with Crippen LogP contribution in [0.1, 0.15) is 25.3 Å². The molecule has 0 aromatic heterocycles. The Morgan fingerprint density at radius 2 is 2.00 bits per heavy atom. The van der Waals surface area contributed by atoms with Crippen LogP contribution in [0.2, 0.25) is 0 Å². The Hall–Kier alpha value is -1.54. The Labute approximate surface area is 165 Å². The molecule has 3 heterocycles. The van der Waals surface area contributed by atoms with Crippen LogP contribution in [0, 0.1) is 0 Å². The van der Waals surface area contributed by atoms with E-state index < -0.39 is 0 Å². The second-order valence-corrected chi connectivity index (χ2v) is 7.19. The molecule has 0 bridgehead atoms. The van der Waals surface area contributed by atoms with Gasteiger partial charge in [0.15, 0.2) is 11.5 Å². The van der Waals surface area contributed by atoms with E-state index in [1.54, 1.807) is 0 Å². The van der Waals surface area contributed by atoms with E-state index in [1.807, 2.05) is 19.1 Å². The quantitative estimate of drug-likeness (QED) is 0.797. The first-order valence-electron chi connectivity index (χ1n) is 9.29. The Balaban J connectivity index is 0.00000210. The van der Waals surface area contributed by atoms with Crippen molar-refractivity contribution in [2.24, 2.45) is 0 Å². The number of amides is 1. The van der Waals surface area contributed by atoms with Gasteiger partial charge in [-0.25, -0.2) is 0 Å². The lowest BCUT2D eigenvalue weighted by Gasteiger charge is -2.39. The number of rotatable bonds is 4. The predicted octanol–water partition coefficient (Wildman–Crippen LogP) is 1.38. The van der Waals surface area contributed by atoms with Crippen molar-refractivity contribution in [2.45, 2.75) is 37.3 Å². The van der Waals surface area contributed by atoms with Crippen LogP contribution in [0.3, 0.4) is 0 Å². The molecule has 0 unspecified atom stereocenters. The van der Waals surface area contributed by atoms with E-state index in [1.165, 1.54) is 0 Å². The standard InChI is InChI=1S/C19H26N2O5.ClH/c1-13-17(20-6-9-24-13)18(22)21-11-19(4-7-23-8-5-19)14-2-3-15-16(10-14)26-12-25-15;/h2-3,10,13,17,20H,4-9,11-12H2,1H3,(H,21,22);1H/t13-,17+;/m1./s1. The number of nitrogens with one attached hydrogen (secondary N) is 2. The summed E-state index contributed by atoms with van der Waals surface area (Å²) in [6.45, 7) is 5.47. The molecule has 0 saturated carbocycles. The highest BCUT2D eigenvalue weighted by Gasteiger charge is 2.37. The van der Waals surface area contributed by atoms with Gasteiger partial charge in [-0.05, 0) is 37.5 Å². The molecular weight excluding hydrogens is 372 g/mol. The van der Waals surface area contributed by atoms with Gasteiger partial charge in [-0.3, -0.25) is 4.79 Å². The maximum absolute atomic E-state index is 12.7. The van der Waals surface area contributed by atoms with E-state index >= 15 is 0 Å². The average molecular weight is 399 g/mol. The van der Waals surface area contributed by atoms with Gasteiger partial charge >= 0.3 is 0 Å². The summed E-state index contributed by atoms with van der Waals surface area (Å²) < 4.78 is 22.1. The van der Waals surface area contributed by atoms with Gasteiger partial charge in [-0.2, -0.15) is 0 Å². The van der Waals surface area contributed by atoms with Crippen LogP contribution < -0.4 is 20.1 Å². The van der Waals surface area contributed by atoms with Gasteiger partial charge in [0.05, 0.1) is 12.7 Å². The molecule has 1 aromatic carbocycles. The highest BCUT2D eigenvalue weighted by atomic mass is 35.5. The molecule has 3 aliphatic rings. The minimum Gasteiger partial charge on any atom is -0.454 e. The molecule has 27 heavy (non-hydrogen) atoms. The molecule has 7 nitrogen and oxygen atoms in total. The van der Waals surface area contributed by atoms with Crippen LogP contribution in [0.15, 0.2) is 18.2 Å². The van der Waals surface area contributed by atoms with Crippen molar-refractivity contribution < 1.29 is 23.7 Å². The van der Waals surface area contributed by atoms with Crippen LogP contribution in [0.25, 0.3) is 0 Å². The molecule has 2 saturated heterocycles. The molecular formula is C19H27ClN2O5. The summed E-state index contributed by atoms with van der Waals surface area (Å²) >= 11 is 0. The van der Waals surface area contributed by atoms with Crippen LogP contribution in [-0.4, -0.2) is 57.8 Å². The van der Waals surface area contributed by atoms with Crippen LogP contribution in [0.4, 0.5) is 0 Å². The third-order valence-electron chi connectivity index (χ3n) is 5.63. The molecule has 150 valence electrons. The zero-order valence-corrected chi connectivity index (χ0v) is 16.3. The Morgan fingerprint density at radius 3 is 2.78 bits per heavy atom. The van der Waals surface area contributed by atoms with E-state index in [2.05, 4.69) is 16.7 Å². The number of ether oxygens (including phenoxy) is 4. The monoisotopic (exact) mass is 398 g/mol. The summed E-state index contributed by atoms with van der Waals surface area (Å²) in [5.41, 5.74) is 0.999. The summed E-state index contributed by atoms with van der Waals surface area (Å²) in [5.74, 6) is 1.54. The van der Waals surface area contributed by atoms with Crippen molar-refractivity contribution in [3.8, 4) is 11.5 Å². The molecule has 0 aliphatic carbocycles. The summed E-state index contributed by atoms with van der Waals surface area (Å²) in [5, 5.41) is 6.39. The number of carbonyl (C=O) groups excluding carboxylic acids is 1. The smallest absolute Gasteiger partial charge is 0.239 e. The van der Waals surface area contributed by atoms with Crippen molar-refractivity contribution in [2.75, 3.05) is 39.7 Å². The number of halogens is 1. The number of fused-ring (bicyclic) bond motifs is 1. The van der Waals surface area contributed by atoms with Crippen molar-refractivity contribution in [1.82, 2.24) is 10.6 Å². The zero-order valence-electron chi connectivity index (χ0n) is 15.5. The van der Waals surface area contributed by atoms with E-state index in [4.69, 9.17) is 18.9 Å². The third kappa shape index (κ3) is 4.16. The molecule has 4 rings (SSSR count). The summed E-state index contributed by atoms with van der Waals surface area (Å²) in [4.78, 5) is 12.7. The van der Waals surface area contributed by atoms with Gasteiger partial charge in [0.25, 0.3) is 0 Å². The maximum atomic E-state index is 12.7. The highest BCUT2D eigenvalue weighted by molar-refractivity contribution is 5.85. The van der Waals surface area contributed by atoms with Gasteiger partial charge in [-0.15, -0.1) is 12.4 Å². The van der Waals surface area contributed by atoms with Gasteiger partial charge in [0, 0.05) is 31.7 Å². The fourth-order valence-corrected chi connectivity index (χ4v) is 3.95. The molecule has 1 aromatic rings. The first-order chi connectivity index (χ1) is 12.7. The Morgan fingerprint density at radius 1 is 1.22 bits per heavy atom. The number of morpholine rings is 1. The van der Waals surface area contributed by atoms with E-state index in [0.717, 1.165) is 29.9 Å². The Bertz CT molecular complexity index is 666. The molecule has 0 spiro atoms. The van der Waals surface area contributed by atoms with E-state index in [0.29, 0.717) is 32.9 Å². The molecule has 1 amide bonds. The fourth-order valence-electron chi connectivity index (χ4n) is 3.95. The fraction of sp³-hybridized carbons (Fsp3) is 0.632. The summed E-state index contributed by atoms with van der Waals surface area (Å²) in [6, 6.07) is 5.77. The van der Waals surface area contributed by atoms with Crippen LogP contribution >= 0.6 is 12.4 Å². The largest absolute Gasteiger partial charge is 0.454 e. The van der Waals surface area contributed by atoms with Crippen molar-refractivity contribution in [3.05, 3.63) is 23.8 Å². The Kier molecular flexibility index (Phi) is 6.47. The zero-order chi connectivity index (χ0) is 18.0. The SMILES string of the molecule is C[C@H]1OCCN[C@@H]1C(=O)NCC1(c2ccc3c(c2)OCO3)CCOCC1.Cl.